The van der Waals surface area contributed by atoms with E-state index in [4.69, 9.17) is 0 Å². The Labute approximate surface area is 100 Å². The molecule has 0 aliphatic heterocycles. The van der Waals surface area contributed by atoms with Gasteiger partial charge >= 0.3 is 0 Å². The quantitative estimate of drug-likeness (QED) is 0.603. The number of rotatable bonds is 2. The fourth-order valence-corrected chi connectivity index (χ4v) is 2.46. The third-order valence-corrected chi connectivity index (χ3v) is 3.44. The lowest BCUT2D eigenvalue weighted by atomic mass is 10.0. The van der Waals surface area contributed by atoms with Crippen LogP contribution in [0, 0.1) is 0 Å². The van der Waals surface area contributed by atoms with E-state index in [9.17, 15) is 4.79 Å². The number of alkyl halides is 2. The van der Waals surface area contributed by atoms with Crippen molar-refractivity contribution in [3.05, 3.63) is 34.9 Å². The molecule has 0 unspecified atom stereocenters. The molecule has 0 aromatic heterocycles. The highest BCUT2D eigenvalue weighted by Crippen LogP contribution is 2.27. The molecule has 14 heavy (non-hydrogen) atoms. The number of Topliss-reactive ketones (excluding diaryl/α,β-unsaturated/α-hetero) is 1. The van der Waals surface area contributed by atoms with E-state index in [1.807, 2.05) is 12.1 Å². The summed E-state index contributed by atoms with van der Waals surface area (Å²) in [6, 6.07) is 6.01. The number of benzene rings is 1. The number of hydrogen-bond donors (Lipinski definition) is 0. The molecule has 74 valence electrons. The maximum absolute atomic E-state index is 11.8. The number of hydrogen-bond acceptors (Lipinski definition) is 1. The summed E-state index contributed by atoms with van der Waals surface area (Å²) in [6.45, 7) is 0. The highest BCUT2D eigenvalue weighted by molar-refractivity contribution is 9.25. The van der Waals surface area contributed by atoms with Gasteiger partial charge < -0.3 is 0 Å². The lowest BCUT2D eigenvalue weighted by molar-refractivity contribution is 0.101. The average molecular weight is 318 g/mol. The van der Waals surface area contributed by atoms with E-state index in [0.29, 0.717) is 0 Å². The molecular weight excluding hydrogens is 308 g/mol. The van der Waals surface area contributed by atoms with Gasteiger partial charge in [-0.1, -0.05) is 50.1 Å². The topological polar surface area (TPSA) is 17.1 Å². The van der Waals surface area contributed by atoms with Crippen molar-refractivity contribution in [3.8, 4) is 0 Å². The zero-order valence-corrected chi connectivity index (χ0v) is 10.8. The van der Waals surface area contributed by atoms with Crippen LogP contribution in [0.1, 0.15) is 27.9 Å². The number of halogens is 2. The highest BCUT2D eigenvalue weighted by atomic mass is 79.9. The van der Waals surface area contributed by atoms with Gasteiger partial charge in [0.15, 0.2) is 5.78 Å². The summed E-state index contributed by atoms with van der Waals surface area (Å²) >= 11 is 6.50. The van der Waals surface area contributed by atoms with Crippen LogP contribution in [0.25, 0.3) is 0 Å². The summed E-state index contributed by atoms with van der Waals surface area (Å²) < 4.78 is -0.262. The number of ketones is 1. The van der Waals surface area contributed by atoms with Gasteiger partial charge in [0, 0.05) is 5.56 Å². The molecule has 0 amide bonds. The Kier molecular flexibility index (Phi) is 3.07. The normalized spacial score (nSPS) is 14.5. The monoisotopic (exact) mass is 316 g/mol. The molecule has 1 nitrogen and oxygen atoms in total. The molecule has 0 bridgehead atoms. The van der Waals surface area contributed by atoms with Crippen molar-refractivity contribution in [1.29, 1.82) is 0 Å². The second-order valence-corrected chi connectivity index (χ2v) is 6.52. The van der Waals surface area contributed by atoms with Crippen LogP contribution in [-0.2, 0) is 12.8 Å². The van der Waals surface area contributed by atoms with Crippen LogP contribution in [0.15, 0.2) is 18.2 Å². The zero-order chi connectivity index (χ0) is 10.1. The van der Waals surface area contributed by atoms with Gasteiger partial charge in [0.25, 0.3) is 0 Å². The average Bonchev–Trinajstić information content (AvgIpc) is 2.63. The third-order valence-electron chi connectivity index (χ3n) is 2.61. The van der Waals surface area contributed by atoms with Crippen molar-refractivity contribution >= 4 is 37.6 Å². The van der Waals surface area contributed by atoms with E-state index in [2.05, 4.69) is 37.9 Å². The molecule has 1 aliphatic carbocycles. The Hall–Kier alpha value is -0.150. The number of carbonyl (C=O) groups is 1. The minimum atomic E-state index is -0.262. The van der Waals surface area contributed by atoms with Crippen LogP contribution in [-0.4, -0.2) is 9.52 Å². The Bertz CT molecular complexity index is 372. The summed E-state index contributed by atoms with van der Waals surface area (Å²) in [6.07, 6.45) is 3.34. The Morgan fingerprint density at radius 3 is 2.79 bits per heavy atom. The molecule has 0 saturated carbocycles. The van der Waals surface area contributed by atoms with Gasteiger partial charge in [0.2, 0.25) is 0 Å². The maximum Gasteiger partial charge on any atom is 0.187 e. The van der Waals surface area contributed by atoms with Crippen LogP contribution in [0.2, 0.25) is 0 Å². The van der Waals surface area contributed by atoms with Gasteiger partial charge in [-0.2, -0.15) is 0 Å². The van der Waals surface area contributed by atoms with Crippen molar-refractivity contribution in [2.24, 2.45) is 0 Å². The van der Waals surface area contributed by atoms with Crippen LogP contribution < -0.4 is 0 Å². The van der Waals surface area contributed by atoms with Gasteiger partial charge in [-0.05, 0) is 30.4 Å². The molecule has 3 heteroatoms. The van der Waals surface area contributed by atoms with E-state index >= 15 is 0 Å². The van der Waals surface area contributed by atoms with Crippen molar-refractivity contribution in [2.45, 2.75) is 23.0 Å². The van der Waals surface area contributed by atoms with Crippen molar-refractivity contribution in [1.82, 2.24) is 0 Å². The van der Waals surface area contributed by atoms with Crippen LogP contribution >= 0.6 is 31.9 Å². The van der Waals surface area contributed by atoms with Crippen LogP contribution in [0.3, 0.4) is 0 Å². The third kappa shape index (κ3) is 1.80. The molecule has 0 radical (unpaired) electrons. The van der Waals surface area contributed by atoms with E-state index in [0.717, 1.165) is 18.4 Å². The van der Waals surface area contributed by atoms with Crippen LogP contribution in [0.5, 0.6) is 0 Å². The minimum absolute atomic E-state index is 0.128. The van der Waals surface area contributed by atoms with Crippen molar-refractivity contribution < 1.29 is 4.79 Å². The molecule has 1 aromatic rings. The molecule has 0 heterocycles. The lowest BCUT2D eigenvalue weighted by Gasteiger charge is -2.07. The number of carbonyl (C=O) groups excluding carboxylic acids is 1. The van der Waals surface area contributed by atoms with Gasteiger partial charge in [-0.15, -0.1) is 0 Å². The molecule has 0 N–H and O–H groups in total. The highest BCUT2D eigenvalue weighted by Gasteiger charge is 2.21. The predicted molar refractivity (Wildman–Crippen MR) is 64.4 cm³/mol. The largest absolute Gasteiger partial charge is 0.292 e. The Morgan fingerprint density at radius 1 is 1.29 bits per heavy atom. The second kappa shape index (κ2) is 4.15. The summed E-state index contributed by atoms with van der Waals surface area (Å²) in [5, 5.41) is 0. The summed E-state index contributed by atoms with van der Waals surface area (Å²) in [7, 11) is 0. The SMILES string of the molecule is O=C(c1cccc2c1CCC2)C(Br)Br. The van der Waals surface area contributed by atoms with Crippen molar-refractivity contribution in [2.75, 3.05) is 0 Å². The maximum atomic E-state index is 11.8. The molecule has 1 aliphatic rings. The standard InChI is InChI=1S/C11H10Br2O/c12-11(13)10(14)9-6-2-4-7-3-1-5-8(7)9/h2,4,6,11H,1,3,5H2. The molecule has 0 fully saturated rings. The first kappa shape index (κ1) is 10.4. The van der Waals surface area contributed by atoms with Gasteiger partial charge in [-0.25, -0.2) is 0 Å². The fraction of sp³-hybridized carbons (Fsp3) is 0.364. The Balaban J connectivity index is 2.44. The number of aryl methyl sites for hydroxylation is 1. The zero-order valence-electron chi connectivity index (χ0n) is 7.59. The van der Waals surface area contributed by atoms with Crippen LogP contribution in [0.4, 0.5) is 0 Å². The van der Waals surface area contributed by atoms with Gasteiger partial charge in [0.05, 0.1) is 0 Å². The minimum Gasteiger partial charge on any atom is -0.292 e. The molecule has 0 saturated heterocycles. The van der Waals surface area contributed by atoms with E-state index in [-0.39, 0.29) is 9.52 Å². The second-order valence-electron chi connectivity index (χ2n) is 3.46. The Morgan fingerprint density at radius 2 is 2.07 bits per heavy atom. The molecule has 0 atom stereocenters. The first-order chi connectivity index (χ1) is 6.70. The van der Waals surface area contributed by atoms with E-state index in [1.165, 1.54) is 17.5 Å². The molecular formula is C11H10Br2O. The summed E-state index contributed by atoms with van der Waals surface area (Å²) in [4.78, 5) is 11.8. The summed E-state index contributed by atoms with van der Waals surface area (Å²) in [5.74, 6) is 0.128. The predicted octanol–water partition coefficient (Wildman–Crippen LogP) is 3.47. The van der Waals surface area contributed by atoms with Gasteiger partial charge in [0.1, 0.15) is 3.74 Å². The first-order valence-corrected chi connectivity index (χ1v) is 6.46. The lowest BCUT2D eigenvalue weighted by Crippen LogP contribution is -2.10. The molecule has 0 spiro atoms. The first-order valence-electron chi connectivity index (χ1n) is 4.63. The number of fused-ring (bicyclic) bond motifs is 1. The van der Waals surface area contributed by atoms with Gasteiger partial charge in [-0.3, -0.25) is 4.79 Å². The smallest absolute Gasteiger partial charge is 0.187 e. The molecule has 1 aromatic carbocycles. The molecule has 2 rings (SSSR count). The summed E-state index contributed by atoms with van der Waals surface area (Å²) in [5.41, 5.74) is 3.47. The fourth-order valence-electron chi connectivity index (χ4n) is 1.97. The van der Waals surface area contributed by atoms with E-state index < -0.39 is 0 Å². The van der Waals surface area contributed by atoms with E-state index in [1.54, 1.807) is 0 Å². The van der Waals surface area contributed by atoms with Crippen molar-refractivity contribution in [3.63, 3.8) is 0 Å².